The quantitative estimate of drug-likeness (QED) is 0.469. The molecule has 5 atom stereocenters. The van der Waals surface area contributed by atoms with Crippen molar-refractivity contribution in [2.45, 2.75) is 72.6 Å². The Hall–Kier alpha value is -1.05. The molecule has 3 aliphatic carbocycles. The molecule has 0 aliphatic heterocycles. The Morgan fingerprint density at radius 1 is 1.26 bits per heavy atom. The fraction of sp³-hybridized carbons (Fsp3) is 0.762. The molecule has 3 rings (SSSR count). The first-order valence-corrected chi connectivity index (χ1v) is 9.47. The molecule has 2 fully saturated rings. The predicted octanol–water partition coefficient (Wildman–Crippen LogP) is 6.09. The van der Waals surface area contributed by atoms with Crippen LogP contribution in [0.15, 0.2) is 24.3 Å². The molecule has 0 aromatic heterocycles. The summed E-state index contributed by atoms with van der Waals surface area (Å²) in [5, 5.41) is 6.89. The lowest BCUT2D eigenvalue weighted by Gasteiger charge is -2.55. The van der Waals surface area contributed by atoms with Crippen LogP contribution in [0.2, 0.25) is 0 Å². The third kappa shape index (κ3) is 4.28. The van der Waals surface area contributed by atoms with Gasteiger partial charge in [0.15, 0.2) is 0 Å². The van der Waals surface area contributed by atoms with Gasteiger partial charge in [0.2, 0.25) is 0 Å². The van der Waals surface area contributed by atoms with Crippen LogP contribution >= 0.6 is 0 Å². The van der Waals surface area contributed by atoms with Gasteiger partial charge >= 0.3 is 0 Å². The lowest BCUT2D eigenvalue weighted by Crippen LogP contribution is -2.46. The summed E-state index contributed by atoms with van der Waals surface area (Å²) in [6.45, 7) is 12.9. The van der Waals surface area contributed by atoms with Gasteiger partial charge in [0.05, 0.1) is 0 Å². The Labute approximate surface area is 143 Å². The van der Waals surface area contributed by atoms with Crippen molar-refractivity contribution in [2.75, 3.05) is 0 Å². The van der Waals surface area contributed by atoms with Crippen LogP contribution in [-0.2, 0) is 4.79 Å². The molecule has 0 bridgehead atoms. The third-order valence-corrected chi connectivity index (χ3v) is 6.42. The van der Waals surface area contributed by atoms with Gasteiger partial charge in [-0.05, 0) is 61.2 Å². The summed E-state index contributed by atoms with van der Waals surface area (Å²) in [5.74, 6) is 3.52. The van der Waals surface area contributed by atoms with E-state index >= 15 is 0 Å². The second kappa shape index (κ2) is 9.30. The topological polar surface area (TPSA) is 37.3 Å². The van der Waals surface area contributed by atoms with E-state index in [9.17, 15) is 0 Å². The van der Waals surface area contributed by atoms with Gasteiger partial charge in [0.1, 0.15) is 0 Å². The monoisotopic (exact) mass is 320 g/mol. The van der Waals surface area contributed by atoms with E-state index in [-0.39, 0.29) is 6.47 Å². The molecule has 2 saturated carbocycles. The first-order chi connectivity index (χ1) is 11.1. The first kappa shape index (κ1) is 20.0. The van der Waals surface area contributed by atoms with Crippen LogP contribution in [0.25, 0.3) is 0 Å². The Kier molecular flexibility index (Phi) is 8.08. The Morgan fingerprint density at radius 2 is 1.91 bits per heavy atom. The molecule has 0 spiro atoms. The fourth-order valence-corrected chi connectivity index (χ4v) is 5.43. The summed E-state index contributed by atoms with van der Waals surface area (Å²) in [4.78, 5) is 8.36. The number of fused-ring (bicyclic) bond motifs is 3. The van der Waals surface area contributed by atoms with Gasteiger partial charge in [-0.1, -0.05) is 58.3 Å². The summed E-state index contributed by atoms with van der Waals surface area (Å²) in [6, 6.07) is 0. The zero-order chi connectivity index (χ0) is 17.5. The molecule has 0 aromatic carbocycles. The highest BCUT2D eigenvalue weighted by Crippen LogP contribution is 2.59. The molecule has 0 heterocycles. The highest BCUT2D eigenvalue weighted by molar-refractivity contribution is 5.32. The van der Waals surface area contributed by atoms with Gasteiger partial charge in [0, 0.05) is 0 Å². The minimum Gasteiger partial charge on any atom is -0.483 e. The summed E-state index contributed by atoms with van der Waals surface area (Å²) in [6.07, 6.45) is 14.7. The average Bonchev–Trinajstić information content (AvgIpc) is 2.57. The molecule has 23 heavy (non-hydrogen) atoms. The molecule has 2 heteroatoms. The molecule has 0 amide bonds. The van der Waals surface area contributed by atoms with E-state index in [1.807, 2.05) is 13.8 Å². The molecule has 0 saturated heterocycles. The zero-order valence-corrected chi connectivity index (χ0v) is 15.6. The summed E-state index contributed by atoms with van der Waals surface area (Å²) < 4.78 is 0. The van der Waals surface area contributed by atoms with Crippen molar-refractivity contribution in [3.63, 3.8) is 0 Å². The number of allylic oxidation sites excluding steroid dienone is 3. The van der Waals surface area contributed by atoms with Gasteiger partial charge in [0.25, 0.3) is 6.47 Å². The lowest BCUT2D eigenvalue weighted by molar-refractivity contribution is -0.122. The van der Waals surface area contributed by atoms with Crippen molar-refractivity contribution in [1.29, 1.82) is 0 Å². The normalized spacial score (nSPS) is 38.2. The van der Waals surface area contributed by atoms with Gasteiger partial charge in [-0.3, -0.25) is 4.79 Å². The Balaban J connectivity index is 0.000000477. The fourth-order valence-electron chi connectivity index (χ4n) is 5.43. The van der Waals surface area contributed by atoms with Crippen molar-refractivity contribution >= 4 is 6.47 Å². The van der Waals surface area contributed by atoms with Gasteiger partial charge < -0.3 is 5.11 Å². The number of carboxylic acid groups (broad SMARTS) is 1. The Morgan fingerprint density at radius 3 is 2.52 bits per heavy atom. The van der Waals surface area contributed by atoms with Gasteiger partial charge in [-0.2, -0.15) is 0 Å². The molecule has 0 aromatic rings. The number of hydrogen-bond donors (Lipinski definition) is 1. The first-order valence-electron chi connectivity index (χ1n) is 9.47. The smallest absolute Gasteiger partial charge is 0.290 e. The van der Waals surface area contributed by atoms with Gasteiger partial charge in [-0.15, -0.1) is 6.58 Å². The SMILES string of the molecule is C=CC1C=C2CCC3C(C)CCCC3(C)C2CC1.CC.O=CO. The van der Waals surface area contributed by atoms with E-state index in [1.165, 1.54) is 44.9 Å². The maximum Gasteiger partial charge on any atom is 0.290 e. The van der Waals surface area contributed by atoms with Gasteiger partial charge in [-0.25, -0.2) is 0 Å². The summed E-state index contributed by atoms with van der Waals surface area (Å²) in [5.41, 5.74) is 2.41. The third-order valence-electron chi connectivity index (χ3n) is 6.42. The van der Waals surface area contributed by atoms with Crippen LogP contribution in [0.4, 0.5) is 0 Å². The maximum atomic E-state index is 8.36. The molecule has 5 unspecified atom stereocenters. The molecule has 3 aliphatic rings. The summed E-state index contributed by atoms with van der Waals surface area (Å²) in [7, 11) is 0. The number of hydrogen-bond acceptors (Lipinski definition) is 1. The van der Waals surface area contributed by atoms with Crippen molar-refractivity contribution in [3.05, 3.63) is 24.3 Å². The number of rotatable bonds is 1. The van der Waals surface area contributed by atoms with Crippen molar-refractivity contribution in [3.8, 4) is 0 Å². The second-order valence-corrected chi connectivity index (χ2v) is 7.40. The lowest BCUT2D eigenvalue weighted by atomic mass is 9.50. The van der Waals surface area contributed by atoms with Crippen LogP contribution in [0, 0.1) is 29.1 Å². The van der Waals surface area contributed by atoms with Crippen LogP contribution < -0.4 is 0 Å². The van der Waals surface area contributed by atoms with Crippen LogP contribution in [0.1, 0.15) is 72.6 Å². The highest BCUT2D eigenvalue weighted by atomic mass is 16.3. The number of carbonyl (C=O) groups is 1. The van der Waals surface area contributed by atoms with Crippen LogP contribution in [0.5, 0.6) is 0 Å². The molecule has 2 nitrogen and oxygen atoms in total. The minimum atomic E-state index is -0.250. The van der Waals surface area contributed by atoms with Crippen molar-refractivity contribution in [1.82, 2.24) is 0 Å². The standard InChI is InChI=1S/C18H28.C2H6.CH2O2/c1-4-14-7-9-17-15(12-14)8-10-16-13(2)6-5-11-18(16,17)3;1-2;2-1-3/h4,12-14,16-17H,1,5-11H2,2-3H3;1-2H3;1H,(H,2,3). The van der Waals surface area contributed by atoms with E-state index in [0.717, 1.165) is 17.8 Å². The molecule has 1 N–H and O–H groups in total. The zero-order valence-electron chi connectivity index (χ0n) is 15.6. The van der Waals surface area contributed by atoms with E-state index in [0.29, 0.717) is 11.3 Å². The van der Waals surface area contributed by atoms with E-state index in [2.05, 4.69) is 32.6 Å². The van der Waals surface area contributed by atoms with E-state index in [1.54, 1.807) is 5.57 Å². The van der Waals surface area contributed by atoms with E-state index in [4.69, 9.17) is 9.90 Å². The highest BCUT2D eigenvalue weighted by Gasteiger charge is 2.49. The minimum absolute atomic E-state index is 0.250. The second-order valence-electron chi connectivity index (χ2n) is 7.40. The maximum absolute atomic E-state index is 8.36. The molecule has 0 radical (unpaired) electrons. The average molecular weight is 321 g/mol. The van der Waals surface area contributed by atoms with Crippen molar-refractivity contribution in [2.24, 2.45) is 29.1 Å². The predicted molar refractivity (Wildman–Crippen MR) is 98.4 cm³/mol. The van der Waals surface area contributed by atoms with Crippen LogP contribution in [-0.4, -0.2) is 11.6 Å². The largest absolute Gasteiger partial charge is 0.483 e. The molecular formula is C21H36O2. The summed E-state index contributed by atoms with van der Waals surface area (Å²) >= 11 is 0. The molecular weight excluding hydrogens is 284 g/mol. The van der Waals surface area contributed by atoms with E-state index < -0.39 is 0 Å². The Bertz CT molecular complexity index is 412. The van der Waals surface area contributed by atoms with Crippen molar-refractivity contribution < 1.29 is 9.90 Å². The van der Waals surface area contributed by atoms with Crippen LogP contribution in [0.3, 0.4) is 0 Å². The molecule has 132 valence electrons.